The fraction of sp³-hybridized carbons (Fsp3) is 0.500. The van der Waals surface area contributed by atoms with Gasteiger partial charge in [-0.15, -0.1) is 0 Å². The number of hydrogen-bond acceptors (Lipinski definition) is 3. The molecule has 0 aliphatic carbocycles. The van der Waals surface area contributed by atoms with E-state index in [2.05, 4.69) is 0 Å². The van der Waals surface area contributed by atoms with Crippen LogP contribution in [-0.4, -0.2) is 25.3 Å². The van der Waals surface area contributed by atoms with Crippen LogP contribution in [0.15, 0.2) is 23.1 Å². The van der Waals surface area contributed by atoms with E-state index in [1.54, 1.807) is 0 Å². The molecular formula is C12H17FN2O2S. The summed E-state index contributed by atoms with van der Waals surface area (Å²) >= 11 is 0. The standard InChI is InChI=1S/C12H17FN2O2S/c1-9-4-2-3-7-15(9)18(16,17)12-8-10(13)5-6-11(12)14/h5-6,8-9H,2-4,7,14H2,1H3. The minimum absolute atomic E-state index is 0.0635. The lowest BCUT2D eigenvalue weighted by Crippen LogP contribution is -2.42. The molecule has 0 spiro atoms. The van der Waals surface area contributed by atoms with Gasteiger partial charge in [-0.25, -0.2) is 12.8 Å². The van der Waals surface area contributed by atoms with Crippen molar-refractivity contribution < 1.29 is 12.8 Å². The molecule has 0 saturated carbocycles. The second-order valence-electron chi connectivity index (χ2n) is 4.64. The summed E-state index contributed by atoms with van der Waals surface area (Å²) in [5.74, 6) is -0.590. The number of sulfonamides is 1. The van der Waals surface area contributed by atoms with E-state index in [1.807, 2.05) is 6.92 Å². The van der Waals surface area contributed by atoms with Crippen molar-refractivity contribution in [2.75, 3.05) is 12.3 Å². The van der Waals surface area contributed by atoms with Gasteiger partial charge in [0.2, 0.25) is 10.0 Å². The maximum absolute atomic E-state index is 13.2. The lowest BCUT2D eigenvalue weighted by atomic mass is 10.1. The number of piperidine rings is 1. The second-order valence-corrected chi connectivity index (χ2v) is 6.50. The fourth-order valence-corrected chi connectivity index (χ4v) is 4.12. The van der Waals surface area contributed by atoms with E-state index in [0.29, 0.717) is 6.54 Å². The van der Waals surface area contributed by atoms with E-state index in [9.17, 15) is 12.8 Å². The molecule has 2 rings (SSSR count). The Kier molecular flexibility index (Phi) is 3.59. The Morgan fingerprint density at radius 1 is 1.39 bits per heavy atom. The smallest absolute Gasteiger partial charge is 0.245 e. The van der Waals surface area contributed by atoms with Gasteiger partial charge in [-0.3, -0.25) is 0 Å². The first-order chi connectivity index (χ1) is 8.43. The average Bonchev–Trinajstić information content (AvgIpc) is 2.32. The topological polar surface area (TPSA) is 63.4 Å². The Morgan fingerprint density at radius 3 is 2.78 bits per heavy atom. The molecule has 4 nitrogen and oxygen atoms in total. The molecule has 1 fully saturated rings. The number of halogens is 1. The van der Waals surface area contributed by atoms with E-state index < -0.39 is 15.8 Å². The largest absolute Gasteiger partial charge is 0.398 e. The Morgan fingerprint density at radius 2 is 2.11 bits per heavy atom. The van der Waals surface area contributed by atoms with Crippen LogP contribution in [0.4, 0.5) is 10.1 Å². The van der Waals surface area contributed by atoms with Crippen LogP contribution >= 0.6 is 0 Å². The SMILES string of the molecule is CC1CCCCN1S(=O)(=O)c1cc(F)ccc1N. The molecule has 1 aromatic carbocycles. The van der Waals surface area contributed by atoms with Gasteiger partial charge in [0.25, 0.3) is 0 Å². The highest BCUT2D eigenvalue weighted by atomic mass is 32.2. The first-order valence-electron chi connectivity index (χ1n) is 6.00. The normalized spacial score (nSPS) is 22.0. The maximum atomic E-state index is 13.2. The Hall–Kier alpha value is -1.14. The van der Waals surface area contributed by atoms with E-state index in [-0.39, 0.29) is 16.6 Å². The predicted octanol–water partition coefficient (Wildman–Crippen LogP) is 1.97. The molecule has 1 heterocycles. The van der Waals surface area contributed by atoms with Crippen molar-refractivity contribution in [3.63, 3.8) is 0 Å². The predicted molar refractivity (Wildman–Crippen MR) is 68.0 cm³/mol. The highest BCUT2D eigenvalue weighted by Gasteiger charge is 2.32. The summed E-state index contributed by atoms with van der Waals surface area (Å²) in [5, 5.41) is 0. The molecule has 1 unspecified atom stereocenters. The van der Waals surface area contributed by atoms with Gasteiger partial charge in [0.05, 0.1) is 5.69 Å². The third-order valence-corrected chi connectivity index (χ3v) is 5.37. The number of nitrogen functional groups attached to an aromatic ring is 1. The lowest BCUT2D eigenvalue weighted by molar-refractivity contribution is 0.268. The van der Waals surface area contributed by atoms with Crippen molar-refractivity contribution in [1.29, 1.82) is 0 Å². The summed E-state index contributed by atoms with van der Waals surface area (Å²) in [4.78, 5) is -0.128. The summed E-state index contributed by atoms with van der Waals surface area (Å²) in [6.45, 7) is 2.34. The zero-order valence-electron chi connectivity index (χ0n) is 10.3. The Bertz CT molecular complexity index is 545. The molecule has 0 bridgehead atoms. The number of rotatable bonds is 2. The van der Waals surface area contributed by atoms with Crippen molar-refractivity contribution in [2.45, 2.75) is 37.1 Å². The molecule has 1 aromatic rings. The molecule has 1 aliphatic rings. The molecule has 0 aromatic heterocycles. The van der Waals surface area contributed by atoms with Crippen LogP contribution in [0.25, 0.3) is 0 Å². The zero-order valence-corrected chi connectivity index (χ0v) is 11.1. The van der Waals surface area contributed by atoms with Gasteiger partial charge in [0.15, 0.2) is 0 Å². The number of nitrogens with zero attached hydrogens (tertiary/aromatic N) is 1. The van der Waals surface area contributed by atoms with Crippen LogP contribution in [0.2, 0.25) is 0 Å². The Balaban J connectivity index is 2.44. The van der Waals surface area contributed by atoms with Crippen molar-refractivity contribution in [3.05, 3.63) is 24.0 Å². The number of nitrogens with two attached hydrogens (primary N) is 1. The van der Waals surface area contributed by atoms with E-state index in [4.69, 9.17) is 5.73 Å². The molecule has 0 amide bonds. The van der Waals surface area contributed by atoms with Crippen LogP contribution in [0.1, 0.15) is 26.2 Å². The number of benzene rings is 1. The molecule has 1 saturated heterocycles. The molecule has 2 N–H and O–H groups in total. The minimum atomic E-state index is -3.70. The maximum Gasteiger partial charge on any atom is 0.245 e. The van der Waals surface area contributed by atoms with Gasteiger partial charge < -0.3 is 5.73 Å². The van der Waals surface area contributed by atoms with Crippen LogP contribution in [0.3, 0.4) is 0 Å². The molecule has 6 heteroatoms. The van der Waals surface area contributed by atoms with Crippen LogP contribution < -0.4 is 5.73 Å². The van der Waals surface area contributed by atoms with E-state index >= 15 is 0 Å². The second kappa shape index (κ2) is 4.85. The van der Waals surface area contributed by atoms with Crippen molar-refractivity contribution in [2.24, 2.45) is 0 Å². The van der Waals surface area contributed by atoms with Crippen molar-refractivity contribution in [3.8, 4) is 0 Å². The van der Waals surface area contributed by atoms with Gasteiger partial charge >= 0.3 is 0 Å². The summed E-state index contributed by atoms with van der Waals surface area (Å²) in [6, 6.07) is 3.38. The van der Waals surface area contributed by atoms with Crippen LogP contribution in [0, 0.1) is 5.82 Å². The van der Waals surface area contributed by atoms with Gasteiger partial charge in [0, 0.05) is 12.6 Å². The third-order valence-electron chi connectivity index (χ3n) is 3.30. The summed E-state index contributed by atoms with van der Waals surface area (Å²) in [6.07, 6.45) is 2.68. The molecular weight excluding hydrogens is 255 g/mol. The molecule has 1 atom stereocenters. The highest BCUT2D eigenvalue weighted by Crippen LogP contribution is 2.28. The fourth-order valence-electron chi connectivity index (χ4n) is 2.29. The first-order valence-corrected chi connectivity index (χ1v) is 7.44. The quantitative estimate of drug-likeness (QED) is 0.837. The zero-order chi connectivity index (χ0) is 13.3. The summed E-state index contributed by atoms with van der Waals surface area (Å²) < 4.78 is 39.5. The average molecular weight is 272 g/mol. The third kappa shape index (κ3) is 2.35. The molecule has 100 valence electrons. The van der Waals surface area contributed by atoms with Crippen LogP contribution in [0.5, 0.6) is 0 Å². The summed E-state index contributed by atoms with van der Waals surface area (Å²) in [5.41, 5.74) is 5.75. The monoisotopic (exact) mass is 272 g/mol. The molecule has 1 aliphatic heterocycles. The number of anilines is 1. The van der Waals surface area contributed by atoms with Crippen LogP contribution in [-0.2, 0) is 10.0 Å². The number of hydrogen-bond donors (Lipinski definition) is 1. The van der Waals surface area contributed by atoms with E-state index in [0.717, 1.165) is 31.4 Å². The highest BCUT2D eigenvalue weighted by molar-refractivity contribution is 7.89. The Labute approximate surface area is 107 Å². The molecule has 0 radical (unpaired) electrons. The summed E-state index contributed by atoms with van der Waals surface area (Å²) in [7, 11) is -3.70. The first kappa shape index (κ1) is 13.3. The minimum Gasteiger partial charge on any atom is -0.398 e. The lowest BCUT2D eigenvalue weighted by Gasteiger charge is -2.32. The van der Waals surface area contributed by atoms with Gasteiger partial charge in [-0.1, -0.05) is 6.42 Å². The van der Waals surface area contributed by atoms with E-state index in [1.165, 1.54) is 10.4 Å². The van der Waals surface area contributed by atoms with Crippen molar-refractivity contribution >= 4 is 15.7 Å². The van der Waals surface area contributed by atoms with Crippen molar-refractivity contribution in [1.82, 2.24) is 4.31 Å². The molecule has 18 heavy (non-hydrogen) atoms. The van der Waals surface area contributed by atoms with Gasteiger partial charge in [-0.05, 0) is 38.0 Å². The van der Waals surface area contributed by atoms with Gasteiger partial charge in [0.1, 0.15) is 10.7 Å². The van der Waals surface area contributed by atoms with Gasteiger partial charge in [-0.2, -0.15) is 4.31 Å².